The molecule has 78 valence electrons. The molecule has 2 atom stereocenters. The molecule has 0 spiro atoms. The first kappa shape index (κ1) is 11.0. The van der Waals surface area contributed by atoms with Crippen LogP contribution in [-0.4, -0.2) is 6.17 Å². The summed E-state index contributed by atoms with van der Waals surface area (Å²) >= 11 is 0. The fourth-order valence-electron chi connectivity index (χ4n) is 2.42. The summed E-state index contributed by atoms with van der Waals surface area (Å²) in [5.41, 5.74) is 0. The average Bonchev–Trinajstić information content (AvgIpc) is 2.03. The van der Waals surface area contributed by atoms with E-state index >= 15 is 0 Å². The molecular weight excluding hydrogens is 163 g/mol. The van der Waals surface area contributed by atoms with E-state index in [4.69, 9.17) is 0 Å². The first-order valence-corrected chi connectivity index (χ1v) is 5.64. The molecule has 0 bridgehead atoms. The summed E-state index contributed by atoms with van der Waals surface area (Å²) in [4.78, 5) is 0. The van der Waals surface area contributed by atoms with E-state index in [1.54, 1.807) is 0 Å². The van der Waals surface area contributed by atoms with Gasteiger partial charge in [-0.25, -0.2) is 4.39 Å². The third kappa shape index (κ3) is 2.96. The van der Waals surface area contributed by atoms with E-state index in [0.717, 1.165) is 12.8 Å². The topological polar surface area (TPSA) is 0 Å². The molecule has 0 nitrogen and oxygen atoms in total. The summed E-state index contributed by atoms with van der Waals surface area (Å²) in [6.07, 6.45) is 2.32. The Balaban J connectivity index is 2.52. The number of halogens is 1. The third-order valence-electron chi connectivity index (χ3n) is 3.61. The highest BCUT2D eigenvalue weighted by molar-refractivity contribution is 4.81. The Morgan fingerprint density at radius 3 is 1.54 bits per heavy atom. The monoisotopic (exact) mass is 186 g/mol. The lowest BCUT2D eigenvalue weighted by Crippen LogP contribution is -2.29. The van der Waals surface area contributed by atoms with E-state index in [1.165, 1.54) is 6.42 Å². The van der Waals surface area contributed by atoms with Crippen LogP contribution < -0.4 is 0 Å². The summed E-state index contributed by atoms with van der Waals surface area (Å²) in [7, 11) is 0. The summed E-state index contributed by atoms with van der Waals surface area (Å²) in [5, 5.41) is 0. The molecular formula is C12H23F. The van der Waals surface area contributed by atoms with Crippen LogP contribution in [0.15, 0.2) is 0 Å². The highest BCUT2D eigenvalue weighted by Gasteiger charge is 2.31. The van der Waals surface area contributed by atoms with Crippen molar-refractivity contribution in [2.45, 2.75) is 53.1 Å². The van der Waals surface area contributed by atoms with E-state index in [9.17, 15) is 4.39 Å². The summed E-state index contributed by atoms with van der Waals surface area (Å²) in [6.45, 7) is 8.89. The maximum Gasteiger partial charge on any atom is 0.101 e. The molecule has 0 aromatic carbocycles. The van der Waals surface area contributed by atoms with E-state index in [2.05, 4.69) is 27.7 Å². The van der Waals surface area contributed by atoms with Gasteiger partial charge < -0.3 is 0 Å². The number of hydrogen-bond donors (Lipinski definition) is 0. The zero-order valence-electron chi connectivity index (χ0n) is 9.39. The van der Waals surface area contributed by atoms with Crippen molar-refractivity contribution >= 4 is 0 Å². The summed E-state index contributed by atoms with van der Waals surface area (Å²) in [5.74, 6) is 2.55. The van der Waals surface area contributed by atoms with Gasteiger partial charge in [-0.1, -0.05) is 27.7 Å². The van der Waals surface area contributed by atoms with Crippen LogP contribution in [0.4, 0.5) is 4.39 Å². The maximum absolute atomic E-state index is 13.4. The lowest BCUT2D eigenvalue weighted by atomic mass is 9.72. The van der Waals surface area contributed by atoms with Crippen molar-refractivity contribution in [3.05, 3.63) is 0 Å². The Morgan fingerprint density at radius 2 is 1.23 bits per heavy atom. The van der Waals surface area contributed by atoms with Crippen LogP contribution in [0.5, 0.6) is 0 Å². The fourth-order valence-corrected chi connectivity index (χ4v) is 2.42. The van der Waals surface area contributed by atoms with Gasteiger partial charge in [0.1, 0.15) is 6.17 Å². The molecule has 0 aliphatic heterocycles. The first-order chi connectivity index (χ1) is 6.00. The van der Waals surface area contributed by atoms with Crippen molar-refractivity contribution in [2.75, 3.05) is 0 Å². The van der Waals surface area contributed by atoms with Crippen LogP contribution >= 0.6 is 0 Å². The van der Waals surface area contributed by atoms with Crippen molar-refractivity contribution in [3.63, 3.8) is 0 Å². The minimum atomic E-state index is -0.534. The molecule has 13 heavy (non-hydrogen) atoms. The minimum absolute atomic E-state index is 0.534. The molecule has 0 aromatic rings. The molecule has 2 unspecified atom stereocenters. The highest BCUT2D eigenvalue weighted by atomic mass is 19.1. The van der Waals surface area contributed by atoms with Crippen molar-refractivity contribution in [3.8, 4) is 0 Å². The molecule has 1 saturated carbocycles. The summed E-state index contributed by atoms with van der Waals surface area (Å²) < 4.78 is 13.4. The van der Waals surface area contributed by atoms with Crippen LogP contribution in [0.25, 0.3) is 0 Å². The van der Waals surface area contributed by atoms with Gasteiger partial charge >= 0.3 is 0 Å². The van der Waals surface area contributed by atoms with Gasteiger partial charge in [0.05, 0.1) is 0 Å². The normalized spacial score (nSPS) is 35.8. The van der Waals surface area contributed by atoms with Gasteiger partial charge in [0.15, 0.2) is 0 Å². The molecule has 1 aliphatic rings. The molecule has 1 heteroatoms. The Kier molecular flexibility index (Phi) is 3.75. The van der Waals surface area contributed by atoms with E-state index in [0.29, 0.717) is 23.7 Å². The van der Waals surface area contributed by atoms with Gasteiger partial charge in [0, 0.05) is 0 Å². The fraction of sp³-hybridized carbons (Fsp3) is 1.00. The number of alkyl halides is 1. The zero-order chi connectivity index (χ0) is 10.0. The average molecular weight is 186 g/mol. The standard InChI is InChI=1S/C12H23F/c1-8(2)10-5-11(9(3)4)7-12(13)6-10/h8-12H,5-7H2,1-4H3. The Morgan fingerprint density at radius 1 is 0.846 bits per heavy atom. The highest BCUT2D eigenvalue weighted by Crippen LogP contribution is 2.38. The van der Waals surface area contributed by atoms with Crippen molar-refractivity contribution < 1.29 is 4.39 Å². The van der Waals surface area contributed by atoms with Gasteiger partial charge in [-0.2, -0.15) is 0 Å². The van der Waals surface area contributed by atoms with Gasteiger partial charge in [-0.15, -0.1) is 0 Å². The molecule has 1 aliphatic carbocycles. The summed E-state index contributed by atoms with van der Waals surface area (Å²) in [6, 6.07) is 0. The molecule has 0 radical (unpaired) electrons. The van der Waals surface area contributed by atoms with Crippen molar-refractivity contribution in [2.24, 2.45) is 23.7 Å². The first-order valence-electron chi connectivity index (χ1n) is 5.64. The third-order valence-corrected chi connectivity index (χ3v) is 3.61. The minimum Gasteiger partial charge on any atom is -0.247 e. The molecule has 0 amide bonds. The quantitative estimate of drug-likeness (QED) is 0.610. The van der Waals surface area contributed by atoms with Gasteiger partial charge in [0.2, 0.25) is 0 Å². The lowest BCUT2D eigenvalue weighted by molar-refractivity contribution is 0.0983. The SMILES string of the molecule is CC(C)C1CC(F)CC(C(C)C)C1. The number of rotatable bonds is 2. The van der Waals surface area contributed by atoms with Crippen LogP contribution in [0, 0.1) is 23.7 Å². The van der Waals surface area contributed by atoms with Gasteiger partial charge in [-0.05, 0) is 42.9 Å². The van der Waals surface area contributed by atoms with E-state index in [1.807, 2.05) is 0 Å². The Labute approximate surface area is 81.9 Å². The lowest BCUT2D eigenvalue weighted by Gasteiger charge is -2.35. The molecule has 1 rings (SSSR count). The van der Waals surface area contributed by atoms with Crippen LogP contribution in [0.2, 0.25) is 0 Å². The van der Waals surface area contributed by atoms with Crippen LogP contribution in [0.1, 0.15) is 47.0 Å². The predicted octanol–water partition coefficient (Wildman–Crippen LogP) is 4.05. The molecule has 0 saturated heterocycles. The molecule has 0 heterocycles. The second-order valence-electron chi connectivity index (χ2n) is 5.31. The molecule has 0 N–H and O–H groups in total. The van der Waals surface area contributed by atoms with Crippen LogP contribution in [-0.2, 0) is 0 Å². The number of hydrogen-bond acceptors (Lipinski definition) is 0. The molecule has 0 aromatic heterocycles. The Bertz CT molecular complexity index is 135. The smallest absolute Gasteiger partial charge is 0.101 e. The second-order valence-corrected chi connectivity index (χ2v) is 5.31. The van der Waals surface area contributed by atoms with E-state index < -0.39 is 6.17 Å². The Hall–Kier alpha value is -0.0700. The van der Waals surface area contributed by atoms with E-state index in [-0.39, 0.29) is 0 Å². The molecule has 1 fully saturated rings. The maximum atomic E-state index is 13.4. The predicted molar refractivity (Wildman–Crippen MR) is 55.4 cm³/mol. The van der Waals surface area contributed by atoms with Crippen molar-refractivity contribution in [1.29, 1.82) is 0 Å². The van der Waals surface area contributed by atoms with Gasteiger partial charge in [0.25, 0.3) is 0 Å². The zero-order valence-corrected chi connectivity index (χ0v) is 9.39. The van der Waals surface area contributed by atoms with Crippen LogP contribution in [0.3, 0.4) is 0 Å². The largest absolute Gasteiger partial charge is 0.247 e. The van der Waals surface area contributed by atoms with Crippen molar-refractivity contribution in [1.82, 2.24) is 0 Å². The second kappa shape index (κ2) is 4.43. The van der Waals surface area contributed by atoms with Gasteiger partial charge in [-0.3, -0.25) is 0 Å².